The minimum atomic E-state index is -1.07. The number of hydrogen-bond donors (Lipinski definition) is 2. The second-order valence-corrected chi connectivity index (χ2v) is 6.65. The molecule has 0 aliphatic rings. The van der Waals surface area contributed by atoms with E-state index in [-0.39, 0.29) is 12.2 Å². The lowest BCUT2D eigenvalue weighted by molar-refractivity contribution is -0.146. The summed E-state index contributed by atoms with van der Waals surface area (Å²) in [6.45, 7) is 4.82. The van der Waals surface area contributed by atoms with Crippen LogP contribution in [0.25, 0.3) is 16.6 Å². The highest BCUT2D eigenvalue weighted by Crippen LogP contribution is 2.22. The molecule has 8 heteroatoms. The number of nitrogens with one attached hydrogen (secondary N) is 1. The van der Waals surface area contributed by atoms with Gasteiger partial charge in [-0.15, -0.1) is 5.10 Å². The zero-order valence-corrected chi connectivity index (χ0v) is 14.7. The second kappa shape index (κ2) is 6.55. The Labute approximate surface area is 149 Å². The fraction of sp³-hybridized carbons (Fsp3) is 0.278. The van der Waals surface area contributed by atoms with Crippen molar-refractivity contribution in [3.63, 3.8) is 0 Å². The van der Waals surface area contributed by atoms with E-state index in [2.05, 4.69) is 20.6 Å². The minimum Gasteiger partial charge on any atom is -0.481 e. The topological polar surface area (TPSA) is 110 Å². The molecule has 0 bridgehead atoms. The van der Waals surface area contributed by atoms with Gasteiger partial charge in [-0.2, -0.15) is 0 Å². The third-order valence-electron chi connectivity index (χ3n) is 4.23. The smallest absolute Gasteiger partial charge is 0.310 e. The van der Waals surface area contributed by atoms with Crippen molar-refractivity contribution in [1.82, 2.24) is 25.3 Å². The maximum atomic E-state index is 12.4. The number of carboxylic acid groups (broad SMARTS) is 1. The third kappa shape index (κ3) is 3.13. The molecule has 0 saturated heterocycles. The normalized spacial score (nSPS) is 11.5. The van der Waals surface area contributed by atoms with Gasteiger partial charge in [-0.3, -0.25) is 14.6 Å². The molecule has 134 valence electrons. The SMILES string of the molecule is Cc1c(C(=O)NCC(C)(C)C(=O)O)nnn1-c1cccc2ncccc12. The summed E-state index contributed by atoms with van der Waals surface area (Å²) >= 11 is 0. The van der Waals surface area contributed by atoms with Crippen LogP contribution in [-0.2, 0) is 4.79 Å². The average Bonchev–Trinajstić information content (AvgIpc) is 3.00. The molecule has 3 rings (SSSR count). The first-order valence-corrected chi connectivity index (χ1v) is 8.09. The highest BCUT2D eigenvalue weighted by molar-refractivity contribution is 5.94. The zero-order chi connectivity index (χ0) is 18.9. The molecule has 1 amide bonds. The van der Waals surface area contributed by atoms with E-state index in [1.54, 1.807) is 31.6 Å². The van der Waals surface area contributed by atoms with Crippen molar-refractivity contribution in [3.05, 3.63) is 47.9 Å². The summed E-state index contributed by atoms with van der Waals surface area (Å²) in [5.74, 6) is -1.44. The third-order valence-corrected chi connectivity index (χ3v) is 4.23. The monoisotopic (exact) mass is 353 g/mol. The van der Waals surface area contributed by atoms with Crippen molar-refractivity contribution in [2.24, 2.45) is 5.41 Å². The second-order valence-electron chi connectivity index (χ2n) is 6.65. The van der Waals surface area contributed by atoms with Gasteiger partial charge in [-0.25, -0.2) is 4.68 Å². The molecule has 2 N–H and O–H groups in total. The number of nitrogens with zero attached hydrogens (tertiary/aromatic N) is 4. The van der Waals surface area contributed by atoms with E-state index in [0.717, 1.165) is 16.6 Å². The quantitative estimate of drug-likeness (QED) is 0.725. The van der Waals surface area contributed by atoms with Gasteiger partial charge in [0.1, 0.15) is 0 Å². The van der Waals surface area contributed by atoms with Crippen molar-refractivity contribution in [1.29, 1.82) is 0 Å². The Bertz CT molecular complexity index is 988. The number of hydrogen-bond acceptors (Lipinski definition) is 5. The van der Waals surface area contributed by atoms with Crippen molar-refractivity contribution in [2.75, 3.05) is 6.54 Å². The lowest BCUT2D eigenvalue weighted by Crippen LogP contribution is -2.39. The highest BCUT2D eigenvalue weighted by atomic mass is 16.4. The Morgan fingerprint density at radius 2 is 2.00 bits per heavy atom. The molecular weight excluding hydrogens is 334 g/mol. The van der Waals surface area contributed by atoms with Crippen LogP contribution in [0.2, 0.25) is 0 Å². The summed E-state index contributed by atoms with van der Waals surface area (Å²) in [5.41, 5.74) is 1.24. The molecule has 0 atom stereocenters. The van der Waals surface area contributed by atoms with Crippen LogP contribution in [0.5, 0.6) is 0 Å². The predicted molar refractivity (Wildman–Crippen MR) is 95.1 cm³/mol. The maximum absolute atomic E-state index is 12.4. The summed E-state index contributed by atoms with van der Waals surface area (Å²) in [7, 11) is 0. The van der Waals surface area contributed by atoms with Gasteiger partial charge in [0, 0.05) is 18.1 Å². The Hall–Kier alpha value is -3.29. The van der Waals surface area contributed by atoms with Crippen LogP contribution in [0.1, 0.15) is 30.0 Å². The number of aliphatic carboxylic acids is 1. The van der Waals surface area contributed by atoms with Gasteiger partial charge in [0.15, 0.2) is 5.69 Å². The molecule has 0 fully saturated rings. The van der Waals surface area contributed by atoms with Crippen LogP contribution in [-0.4, -0.2) is 43.5 Å². The number of aromatic nitrogens is 4. The first-order valence-electron chi connectivity index (χ1n) is 8.09. The van der Waals surface area contributed by atoms with Gasteiger partial charge >= 0.3 is 5.97 Å². The van der Waals surface area contributed by atoms with Crippen LogP contribution in [0.4, 0.5) is 0 Å². The standard InChI is InChI=1S/C18H19N5O3/c1-11-15(16(24)20-10-18(2,3)17(25)26)21-22-23(11)14-8-4-7-13-12(14)6-5-9-19-13/h4-9H,10H2,1-3H3,(H,20,24)(H,25,26). The molecule has 1 aromatic carbocycles. The summed E-state index contributed by atoms with van der Waals surface area (Å²) in [5, 5.41) is 20.7. The highest BCUT2D eigenvalue weighted by Gasteiger charge is 2.28. The minimum absolute atomic E-state index is 0.00828. The first kappa shape index (κ1) is 17.5. The van der Waals surface area contributed by atoms with Gasteiger partial charge < -0.3 is 10.4 Å². The number of carboxylic acids is 1. The molecule has 0 spiro atoms. The van der Waals surface area contributed by atoms with E-state index >= 15 is 0 Å². The molecule has 0 saturated carbocycles. The number of rotatable bonds is 5. The number of fused-ring (bicyclic) bond motifs is 1. The number of carbonyl (C=O) groups excluding carboxylic acids is 1. The van der Waals surface area contributed by atoms with Gasteiger partial charge in [0.2, 0.25) is 0 Å². The van der Waals surface area contributed by atoms with E-state index in [1.165, 1.54) is 0 Å². The number of pyridine rings is 1. The zero-order valence-electron chi connectivity index (χ0n) is 14.7. The predicted octanol–water partition coefficient (Wildman–Crippen LogP) is 1.96. The van der Waals surface area contributed by atoms with Crippen LogP contribution >= 0.6 is 0 Å². The number of amides is 1. The molecule has 8 nitrogen and oxygen atoms in total. The molecule has 0 aliphatic heterocycles. The van der Waals surface area contributed by atoms with Crippen molar-refractivity contribution < 1.29 is 14.7 Å². The largest absolute Gasteiger partial charge is 0.481 e. The van der Waals surface area contributed by atoms with Gasteiger partial charge in [-0.05, 0) is 45.0 Å². The Morgan fingerprint density at radius 1 is 1.23 bits per heavy atom. The van der Waals surface area contributed by atoms with Crippen LogP contribution < -0.4 is 5.32 Å². The van der Waals surface area contributed by atoms with Gasteiger partial charge in [0.05, 0.1) is 22.3 Å². The summed E-state index contributed by atoms with van der Waals surface area (Å²) in [4.78, 5) is 27.9. The van der Waals surface area contributed by atoms with E-state index in [1.807, 2.05) is 30.3 Å². The Balaban J connectivity index is 1.91. The van der Waals surface area contributed by atoms with Crippen LogP contribution in [0.15, 0.2) is 36.5 Å². The molecular formula is C18H19N5O3. The number of carbonyl (C=O) groups is 2. The first-order chi connectivity index (χ1) is 12.3. The lowest BCUT2D eigenvalue weighted by Gasteiger charge is -2.19. The summed E-state index contributed by atoms with van der Waals surface area (Å²) in [6, 6.07) is 9.39. The molecule has 2 aromatic heterocycles. The van der Waals surface area contributed by atoms with Crippen molar-refractivity contribution in [3.8, 4) is 5.69 Å². The maximum Gasteiger partial charge on any atom is 0.310 e. The van der Waals surface area contributed by atoms with Crippen molar-refractivity contribution >= 4 is 22.8 Å². The van der Waals surface area contributed by atoms with Gasteiger partial charge in [-0.1, -0.05) is 11.3 Å². The van der Waals surface area contributed by atoms with Gasteiger partial charge in [0.25, 0.3) is 5.91 Å². The van der Waals surface area contributed by atoms with E-state index < -0.39 is 17.3 Å². The van der Waals surface area contributed by atoms with E-state index in [4.69, 9.17) is 5.11 Å². The Kier molecular flexibility index (Phi) is 4.41. The average molecular weight is 353 g/mol. The number of benzene rings is 1. The van der Waals surface area contributed by atoms with E-state index in [0.29, 0.717) is 5.69 Å². The molecule has 2 heterocycles. The van der Waals surface area contributed by atoms with E-state index in [9.17, 15) is 9.59 Å². The summed E-state index contributed by atoms with van der Waals surface area (Å²) < 4.78 is 1.58. The molecule has 0 aliphatic carbocycles. The van der Waals surface area contributed by atoms with Crippen LogP contribution in [0, 0.1) is 12.3 Å². The lowest BCUT2D eigenvalue weighted by atomic mass is 9.94. The molecule has 3 aromatic rings. The molecule has 0 unspecified atom stereocenters. The van der Waals surface area contributed by atoms with Crippen LogP contribution in [0.3, 0.4) is 0 Å². The summed E-state index contributed by atoms with van der Waals surface area (Å²) in [6.07, 6.45) is 1.71. The molecule has 0 radical (unpaired) electrons. The fourth-order valence-corrected chi connectivity index (χ4v) is 2.50. The fourth-order valence-electron chi connectivity index (χ4n) is 2.50. The Morgan fingerprint density at radius 3 is 2.73 bits per heavy atom. The van der Waals surface area contributed by atoms with Crippen molar-refractivity contribution in [2.45, 2.75) is 20.8 Å². The molecule has 26 heavy (non-hydrogen) atoms.